The van der Waals surface area contributed by atoms with Gasteiger partial charge in [0.1, 0.15) is 16.4 Å². The van der Waals surface area contributed by atoms with E-state index in [2.05, 4.69) is 45.3 Å². The van der Waals surface area contributed by atoms with Gasteiger partial charge in [0.25, 0.3) is 0 Å². The summed E-state index contributed by atoms with van der Waals surface area (Å²) in [4.78, 5) is 4.75. The molecule has 10 heteroatoms. The SMILES string of the molecule is CCS(=O)(=O)N1CCC(Oc2nc3c(-c4ccc5ccccc5c4)cnn3c(N)c2Br)CC1. The average molecular weight is 530 g/mol. The summed E-state index contributed by atoms with van der Waals surface area (Å²) in [5.41, 5.74) is 8.80. The van der Waals surface area contributed by atoms with Gasteiger partial charge in [-0.3, -0.25) is 0 Å². The molecule has 0 amide bonds. The Morgan fingerprint density at radius 3 is 2.61 bits per heavy atom. The Morgan fingerprint density at radius 1 is 1.15 bits per heavy atom. The van der Waals surface area contributed by atoms with Gasteiger partial charge in [0.2, 0.25) is 15.9 Å². The number of sulfonamides is 1. The lowest BCUT2D eigenvalue weighted by Crippen LogP contribution is -2.42. The molecule has 0 spiro atoms. The van der Waals surface area contributed by atoms with Gasteiger partial charge in [-0.1, -0.05) is 36.4 Å². The third kappa shape index (κ3) is 4.07. The van der Waals surface area contributed by atoms with Gasteiger partial charge in [0.05, 0.1) is 11.9 Å². The molecule has 0 bridgehead atoms. The van der Waals surface area contributed by atoms with Crippen LogP contribution < -0.4 is 10.5 Å². The number of nitrogens with zero attached hydrogens (tertiary/aromatic N) is 4. The van der Waals surface area contributed by atoms with Gasteiger partial charge >= 0.3 is 0 Å². The van der Waals surface area contributed by atoms with Crippen LogP contribution >= 0.6 is 15.9 Å². The molecule has 2 aromatic carbocycles. The van der Waals surface area contributed by atoms with Crippen LogP contribution in [0.3, 0.4) is 0 Å². The standard InChI is InChI=1S/C23H24BrN5O3S/c1-2-33(30,31)28-11-9-18(10-12-28)32-23-20(24)21(25)29-22(27-23)19(14-26-29)17-8-7-15-5-3-4-6-16(15)13-17/h3-8,13-14,18H,2,9-12,25H2,1H3. The van der Waals surface area contributed by atoms with Gasteiger partial charge < -0.3 is 10.5 Å². The number of benzene rings is 2. The molecule has 1 aliphatic rings. The van der Waals surface area contributed by atoms with Crippen LogP contribution in [0.4, 0.5) is 5.82 Å². The molecule has 0 aliphatic carbocycles. The molecule has 1 aliphatic heterocycles. The van der Waals surface area contributed by atoms with E-state index in [-0.39, 0.29) is 11.9 Å². The Bertz CT molecular complexity index is 1450. The van der Waals surface area contributed by atoms with E-state index in [1.165, 1.54) is 4.31 Å². The third-order valence-electron chi connectivity index (χ3n) is 6.09. The molecule has 4 aromatic rings. The first-order chi connectivity index (χ1) is 15.9. The quantitative estimate of drug-likeness (QED) is 0.417. The summed E-state index contributed by atoms with van der Waals surface area (Å²) < 4.78 is 34.1. The second-order valence-corrected chi connectivity index (χ2v) is 11.1. The largest absolute Gasteiger partial charge is 0.473 e. The lowest BCUT2D eigenvalue weighted by atomic mass is 10.0. The number of anilines is 1. The predicted molar refractivity (Wildman–Crippen MR) is 133 cm³/mol. The van der Waals surface area contributed by atoms with Gasteiger partial charge in [0.15, 0.2) is 5.65 Å². The summed E-state index contributed by atoms with van der Waals surface area (Å²) in [6.07, 6.45) is 2.79. The van der Waals surface area contributed by atoms with Crippen LogP contribution in [0.25, 0.3) is 27.5 Å². The van der Waals surface area contributed by atoms with Gasteiger partial charge in [-0.05, 0) is 58.1 Å². The van der Waals surface area contributed by atoms with Crippen molar-refractivity contribution in [3.63, 3.8) is 0 Å². The second-order valence-electron chi connectivity index (χ2n) is 8.09. The minimum atomic E-state index is -3.18. The number of hydrogen-bond acceptors (Lipinski definition) is 6. The summed E-state index contributed by atoms with van der Waals surface area (Å²) >= 11 is 3.50. The maximum Gasteiger partial charge on any atom is 0.234 e. The van der Waals surface area contributed by atoms with Crippen molar-refractivity contribution in [1.82, 2.24) is 18.9 Å². The molecule has 172 valence electrons. The highest BCUT2D eigenvalue weighted by Gasteiger charge is 2.29. The van der Waals surface area contributed by atoms with Crippen LogP contribution in [0, 0.1) is 0 Å². The van der Waals surface area contributed by atoms with Crippen LogP contribution in [-0.4, -0.2) is 52.3 Å². The lowest BCUT2D eigenvalue weighted by molar-refractivity contribution is 0.129. The van der Waals surface area contributed by atoms with Gasteiger partial charge in [0, 0.05) is 18.7 Å². The maximum atomic E-state index is 12.1. The normalized spacial score (nSPS) is 15.9. The van der Waals surface area contributed by atoms with Crippen LogP contribution in [-0.2, 0) is 10.0 Å². The van der Waals surface area contributed by atoms with E-state index < -0.39 is 10.0 Å². The number of ether oxygens (including phenoxy) is 1. The molecule has 8 nitrogen and oxygen atoms in total. The number of halogens is 1. The molecule has 3 heterocycles. The Labute approximate surface area is 200 Å². The Morgan fingerprint density at radius 2 is 1.88 bits per heavy atom. The molecule has 0 radical (unpaired) electrons. The first-order valence-corrected chi connectivity index (χ1v) is 13.2. The zero-order valence-electron chi connectivity index (χ0n) is 18.1. The molecular weight excluding hydrogens is 506 g/mol. The van der Waals surface area contributed by atoms with Crippen molar-refractivity contribution in [2.24, 2.45) is 0 Å². The van der Waals surface area contributed by atoms with E-state index in [0.717, 1.165) is 21.9 Å². The highest BCUT2D eigenvalue weighted by molar-refractivity contribution is 9.10. The number of fused-ring (bicyclic) bond motifs is 2. The van der Waals surface area contributed by atoms with Crippen LogP contribution in [0.2, 0.25) is 0 Å². The third-order valence-corrected chi connectivity index (χ3v) is 8.72. The van der Waals surface area contributed by atoms with E-state index in [1.54, 1.807) is 17.6 Å². The van der Waals surface area contributed by atoms with Gasteiger partial charge in [-0.25, -0.2) is 12.7 Å². The molecule has 0 unspecified atom stereocenters. The topological polar surface area (TPSA) is 103 Å². The second kappa shape index (κ2) is 8.58. The molecule has 1 fully saturated rings. The first kappa shape index (κ1) is 22.1. The Hall–Kier alpha value is -2.69. The number of piperidine rings is 1. The molecule has 1 saturated heterocycles. The zero-order valence-corrected chi connectivity index (χ0v) is 20.5. The molecule has 2 aromatic heterocycles. The molecule has 0 saturated carbocycles. The van der Waals surface area contributed by atoms with Gasteiger partial charge in [-0.2, -0.15) is 14.6 Å². The van der Waals surface area contributed by atoms with Crippen molar-refractivity contribution in [3.05, 3.63) is 53.1 Å². The highest BCUT2D eigenvalue weighted by Crippen LogP contribution is 2.35. The Kier molecular flexibility index (Phi) is 5.75. The van der Waals surface area contributed by atoms with Crippen molar-refractivity contribution in [2.75, 3.05) is 24.6 Å². The summed E-state index contributed by atoms with van der Waals surface area (Å²) in [6, 6.07) is 14.4. The van der Waals surface area contributed by atoms with Crippen LogP contribution in [0.15, 0.2) is 53.1 Å². The summed E-state index contributed by atoms with van der Waals surface area (Å²) in [6.45, 7) is 2.53. The fraction of sp³-hybridized carbons (Fsp3) is 0.304. The van der Waals surface area contributed by atoms with E-state index in [4.69, 9.17) is 15.5 Å². The summed E-state index contributed by atoms with van der Waals surface area (Å²) in [7, 11) is -3.18. The number of nitrogens with two attached hydrogens (primary N) is 1. The minimum absolute atomic E-state index is 0.109. The minimum Gasteiger partial charge on any atom is -0.473 e. The van der Waals surface area contributed by atoms with Crippen molar-refractivity contribution in [1.29, 1.82) is 0 Å². The van der Waals surface area contributed by atoms with E-state index >= 15 is 0 Å². The molecular formula is C23H24BrN5O3S. The lowest BCUT2D eigenvalue weighted by Gasteiger charge is -2.31. The molecule has 2 N–H and O–H groups in total. The Balaban J connectivity index is 1.46. The summed E-state index contributed by atoms with van der Waals surface area (Å²) in [5.74, 6) is 0.893. The van der Waals surface area contributed by atoms with E-state index in [9.17, 15) is 8.42 Å². The number of nitrogen functional groups attached to an aromatic ring is 1. The molecule has 0 atom stereocenters. The average Bonchev–Trinajstić information content (AvgIpc) is 3.26. The fourth-order valence-corrected chi connectivity index (χ4v) is 5.66. The maximum absolute atomic E-state index is 12.1. The van der Waals surface area contributed by atoms with E-state index in [1.807, 2.05) is 18.2 Å². The fourth-order valence-electron chi connectivity index (χ4n) is 4.18. The number of rotatable bonds is 5. The van der Waals surface area contributed by atoms with Crippen molar-refractivity contribution < 1.29 is 13.2 Å². The zero-order chi connectivity index (χ0) is 23.2. The van der Waals surface area contributed by atoms with Crippen LogP contribution in [0.5, 0.6) is 5.88 Å². The predicted octanol–water partition coefficient (Wildman–Crippen LogP) is 4.09. The monoisotopic (exact) mass is 529 g/mol. The molecule has 5 rings (SSSR count). The van der Waals surface area contributed by atoms with Gasteiger partial charge in [-0.15, -0.1) is 0 Å². The number of hydrogen-bond donors (Lipinski definition) is 1. The molecule has 33 heavy (non-hydrogen) atoms. The van der Waals surface area contributed by atoms with Crippen molar-refractivity contribution in [2.45, 2.75) is 25.9 Å². The van der Waals surface area contributed by atoms with Crippen LogP contribution in [0.1, 0.15) is 19.8 Å². The highest BCUT2D eigenvalue weighted by atomic mass is 79.9. The van der Waals surface area contributed by atoms with E-state index in [0.29, 0.717) is 47.7 Å². The number of aromatic nitrogens is 3. The van der Waals surface area contributed by atoms with Crippen molar-refractivity contribution >= 4 is 48.2 Å². The van der Waals surface area contributed by atoms with Crippen molar-refractivity contribution in [3.8, 4) is 17.0 Å². The smallest absolute Gasteiger partial charge is 0.234 e. The first-order valence-electron chi connectivity index (χ1n) is 10.8. The summed E-state index contributed by atoms with van der Waals surface area (Å²) in [5, 5.41) is 6.73.